The number of rotatable bonds is 8. The zero-order valence-electron chi connectivity index (χ0n) is 27.0. The minimum absolute atomic E-state index is 0.0529. The van der Waals surface area contributed by atoms with E-state index in [2.05, 4.69) is 15.9 Å². The van der Waals surface area contributed by atoms with Crippen molar-refractivity contribution in [2.75, 3.05) is 23.0 Å². The maximum Gasteiger partial charge on any atom is 0.269 e. The molecule has 9 nitrogen and oxygen atoms in total. The third kappa shape index (κ3) is 5.94. The highest BCUT2D eigenvalue weighted by molar-refractivity contribution is 9.10. The summed E-state index contributed by atoms with van der Waals surface area (Å²) in [7, 11) is 0. The fourth-order valence-corrected chi connectivity index (χ4v) is 7.43. The molecule has 3 atom stereocenters. The lowest BCUT2D eigenvalue weighted by molar-refractivity contribution is -0.139. The number of benzene rings is 4. The number of aliphatic hydroxyl groups is 2. The van der Waals surface area contributed by atoms with Crippen LogP contribution in [0, 0.1) is 5.92 Å². The van der Waals surface area contributed by atoms with E-state index in [1.165, 1.54) is 0 Å². The molecule has 3 heterocycles. The Hall–Kier alpha value is -4.77. The Bertz CT molecular complexity index is 1960. The van der Waals surface area contributed by atoms with E-state index in [4.69, 9.17) is 4.74 Å². The highest BCUT2D eigenvalue weighted by Gasteiger charge is 2.52. The van der Waals surface area contributed by atoms with Gasteiger partial charge in [-0.3, -0.25) is 19.3 Å². The molecule has 3 aliphatic heterocycles. The van der Waals surface area contributed by atoms with Gasteiger partial charge >= 0.3 is 0 Å². The molecule has 0 aliphatic carbocycles. The van der Waals surface area contributed by atoms with Crippen molar-refractivity contribution in [1.29, 1.82) is 0 Å². The molecule has 3 amide bonds. The third-order valence-corrected chi connectivity index (χ3v) is 10.2. The van der Waals surface area contributed by atoms with Crippen molar-refractivity contribution >= 4 is 50.7 Å². The summed E-state index contributed by atoms with van der Waals surface area (Å²) in [6.07, 6.45) is 4.10. The Morgan fingerprint density at radius 1 is 1.00 bits per heavy atom. The van der Waals surface area contributed by atoms with Crippen molar-refractivity contribution in [3.8, 4) is 5.75 Å². The van der Waals surface area contributed by atoms with Crippen LogP contribution >= 0.6 is 15.9 Å². The Morgan fingerprint density at radius 2 is 1.73 bits per heavy atom. The third-order valence-electron chi connectivity index (χ3n) is 9.74. The lowest BCUT2D eigenvalue weighted by Crippen LogP contribution is -2.46. The first-order valence-electron chi connectivity index (χ1n) is 16.3. The number of para-hydroxylation sites is 2. The number of aliphatic hydroxyl groups excluding tert-OH is 1. The number of anilines is 3. The fraction of sp³-hybridized carbons (Fsp3) is 0.256. The normalized spacial score (nSPS) is 20.6. The molecule has 0 unspecified atom stereocenters. The second kappa shape index (κ2) is 13.3. The average molecular weight is 723 g/mol. The Kier molecular flexibility index (Phi) is 8.87. The van der Waals surface area contributed by atoms with Crippen LogP contribution in [-0.4, -0.2) is 52.1 Å². The van der Waals surface area contributed by atoms with Gasteiger partial charge in [-0.15, -0.1) is 0 Å². The molecular weight excluding hydrogens is 686 g/mol. The van der Waals surface area contributed by atoms with Crippen molar-refractivity contribution in [3.63, 3.8) is 0 Å². The molecule has 0 spiro atoms. The average Bonchev–Trinajstić information content (AvgIpc) is 3.33. The second-order valence-corrected chi connectivity index (χ2v) is 13.6. The number of fused-ring (bicyclic) bond motifs is 3. The molecule has 2 N–H and O–H groups in total. The summed E-state index contributed by atoms with van der Waals surface area (Å²) in [5, 5.41) is 22.2. The molecule has 0 bridgehead atoms. The standard InChI is InChI=1S/C39H36BrN3O6/c1-25(7-6-12-36(45)41-22-28-9-3-2-8-27(28)19-31(41)23-44)39(48)32-20-29(40)15-18-33(32)42(38(39)47)21-26-13-16-30(17-14-26)43-34-10-4-5-11-35(34)49-24-37(43)46/h2-11,13-18,20,25,31,44,48H,12,19,21-24H2,1H3/b7-6+/t25-,31+,39+/m1/s1. The van der Waals surface area contributed by atoms with Crippen LogP contribution < -0.4 is 14.5 Å². The summed E-state index contributed by atoms with van der Waals surface area (Å²) in [5.41, 5.74) is 3.61. The van der Waals surface area contributed by atoms with Gasteiger partial charge in [0.1, 0.15) is 5.75 Å². The molecule has 49 heavy (non-hydrogen) atoms. The maximum atomic E-state index is 14.1. The van der Waals surface area contributed by atoms with Crippen LogP contribution in [0.3, 0.4) is 0 Å². The summed E-state index contributed by atoms with van der Waals surface area (Å²) in [4.78, 5) is 45.2. The Labute approximate surface area is 293 Å². The van der Waals surface area contributed by atoms with Crippen LogP contribution in [0.2, 0.25) is 0 Å². The molecule has 0 radical (unpaired) electrons. The van der Waals surface area contributed by atoms with Gasteiger partial charge in [0, 0.05) is 34.6 Å². The lowest BCUT2D eigenvalue weighted by atomic mass is 9.83. The number of halogens is 1. The molecular formula is C39H36BrN3O6. The van der Waals surface area contributed by atoms with Crippen molar-refractivity contribution in [2.45, 2.75) is 44.5 Å². The number of nitrogens with zero attached hydrogens (tertiary/aromatic N) is 3. The summed E-state index contributed by atoms with van der Waals surface area (Å²) in [5.74, 6) is -0.786. The minimum atomic E-state index is -1.86. The van der Waals surface area contributed by atoms with Gasteiger partial charge in [0.25, 0.3) is 11.8 Å². The van der Waals surface area contributed by atoms with Crippen LogP contribution in [0.15, 0.2) is 108 Å². The SMILES string of the molecule is C[C@H](/C=C/CC(=O)N1Cc2ccccc2C[C@H]1CO)[C@@]1(O)C(=O)N(Cc2ccc(N3C(=O)COc4ccccc43)cc2)c2ccc(Br)cc21. The van der Waals surface area contributed by atoms with Crippen LogP contribution in [0.4, 0.5) is 17.1 Å². The van der Waals surface area contributed by atoms with E-state index < -0.39 is 17.4 Å². The van der Waals surface area contributed by atoms with E-state index in [-0.39, 0.29) is 44.0 Å². The van der Waals surface area contributed by atoms with Crippen LogP contribution in [-0.2, 0) is 39.5 Å². The monoisotopic (exact) mass is 721 g/mol. The molecule has 0 saturated carbocycles. The summed E-state index contributed by atoms with van der Waals surface area (Å²) in [6, 6.07) is 27.9. The first-order chi connectivity index (χ1) is 23.7. The van der Waals surface area contributed by atoms with Gasteiger partial charge in [-0.05, 0) is 65.6 Å². The molecule has 0 fully saturated rings. The van der Waals surface area contributed by atoms with Gasteiger partial charge in [0.15, 0.2) is 12.2 Å². The van der Waals surface area contributed by atoms with E-state index in [9.17, 15) is 24.6 Å². The first-order valence-corrected chi connectivity index (χ1v) is 17.1. The Balaban J connectivity index is 1.08. The van der Waals surface area contributed by atoms with E-state index in [0.29, 0.717) is 41.3 Å². The highest BCUT2D eigenvalue weighted by atomic mass is 79.9. The highest BCUT2D eigenvalue weighted by Crippen LogP contribution is 2.47. The smallest absolute Gasteiger partial charge is 0.269 e. The molecule has 250 valence electrons. The second-order valence-electron chi connectivity index (χ2n) is 12.7. The van der Waals surface area contributed by atoms with Gasteiger partial charge in [-0.2, -0.15) is 0 Å². The quantitative estimate of drug-likeness (QED) is 0.224. The summed E-state index contributed by atoms with van der Waals surface area (Å²) in [6.45, 7) is 2.23. The number of hydrogen-bond acceptors (Lipinski definition) is 6. The van der Waals surface area contributed by atoms with E-state index in [0.717, 1.165) is 21.2 Å². The fourth-order valence-electron chi connectivity index (χ4n) is 7.07. The zero-order chi connectivity index (χ0) is 34.3. The van der Waals surface area contributed by atoms with Crippen molar-refractivity contribution in [2.24, 2.45) is 5.92 Å². The number of ether oxygens (including phenoxy) is 1. The first kappa shape index (κ1) is 32.8. The largest absolute Gasteiger partial charge is 0.482 e. The molecule has 0 saturated heterocycles. The topological polar surface area (TPSA) is 111 Å². The minimum Gasteiger partial charge on any atom is -0.482 e. The molecule has 4 aromatic carbocycles. The number of hydrogen-bond donors (Lipinski definition) is 2. The molecule has 10 heteroatoms. The number of amides is 3. The molecule has 3 aliphatic rings. The summed E-state index contributed by atoms with van der Waals surface area (Å²) < 4.78 is 6.31. The number of carbonyl (C=O) groups excluding carboxylic acids is 3. The molecule has 0 aromatic heterocycles. The van der Waals surface area contributed by atoms with Crippen LogP contribution in [0.25, 0.3) is 0 Å². The van der Waals surface area contributed by atoms with Gasteiger partial charge in [-0.1, -0.05) is 83.5 Å². The number of carbonyl (C=O) groups is 3. The zero-order valence-corrected chi connectivity index (χ0v) is 28.5. The predicted molar refractivity (Wildman–Crippen MR) is 189 cm³/mol. The molecule has 4 aromatic rings. The van der Waals surface area contributed by atoms with E-state index in [1.54, 1.807) is 39.8 Å². The van der Waals surface area contributed by atoms with Gasteiger partial charge in [0.05, 0.1) is 30.6 Å². The molecule has 7 rings (SSSR count). The van der Waals surface area contributed by atoms with Gasteiger partial charge in [-0.25, -0.2) is 0 Å². The van der Waals surface area contributed by atoms with Crippen LogP contribution in [0.1, 0.15) is 35.6 Å². The van der Waals surface area contributed by atoms with Gasteiger partial charge < -0.3 is 24.7 Å². The Morgan fingerprint density at radius 3 is 2.51 bits per heavy atom. The predicted octanol–water partition coefficient (Wildman–Crippen LogP) is 5.77. The van der Waals surface area contributed by atoms with E-state index >= 15 is 0 Å². The van der Waals surface area contributed by atoms with Gasteiger partial charge in [0.2, 0.25) is 5.91 Å². The van der Waals surface area contributed by atoms with E-state index in [1.807, 2.05) is 84.9 Å². The summed E-state index contributed by atoms with van der Waals surface area (Å²) >= 11 is 3.50. The lowest BCUT2D eigenvalue weighted by Gasteiger charge is -2.36. The van der Waals surface area contributed by atoms with Crippen molar-refractivity contribution < 1.29 is 29.3 Å². The van der Waals surface area contributed by atoms with Crippen molar-refractivity contribution in [3.05, 3.63) is 130 Å². The van der Waals surface area contributed by atoms with Crippen LogP contribution in [0.5, 0.6) is 5.75 Å². The maximum absolute atomic E-state index is 14.1. The van der Waals surface area contributed by atoms with Crippen molar-refractivity contribution in [1.82, 2.24) is 4.90 Å².